The number of hydrogen-bond donors (Lipinski definition) is 0. The van der Waals surface area contributed by atoms with E-state index >= 15 is 0 Å². The minimum absolute atomic E-state index is 0.125. The molecule has 4 aliphatic rings. The molecule has 4 aliphatic heterocycles. The number of amides is 1. The molecule has 0 radical (unpaired) electrons. The van der Waals surface area contributed by atoms with Crippen molar-refractivity contribution in [2.45, 2.75) is 62.7 Å². The van der Waals surface area contributed by atoms with Gasteiger partial charge in [-0.15, -0.1) is 4.40 Å². The summed E-state index contributed by atoms with van der Waals surface area (Å²) in [6.45, 7) is 9.01. The zero-order valence-corrected chi connectivity index (χ0v) is 20.3. The van der Waals surface area contributed by atoms with Gasteiger partial charge >= 0.3 is 0 Å². The van der Waals surface area contributed by atoms with Gasteiger partial charge in [-0.1, -0.05) is 12.1 Å². The van der Waals surface area contributed by atoms with Gasteiger partial charge in [0.15, 0.2) is 5.84 Å². The Kier molecular flexibility index (Phi) is 6.22. The predicted molar refractivity (Wildman–Crippen MR) is 126 cm³/mol. The molecule has 9 heteroatoms. The standard InChI is InChI=1S/C24H34N4O4S/c1-17-13-26(14-18(2)32-17)16-20-8-6-12-28(20)24(29)19-7-5-11-27(15-19)23-21-9-3-4-10-22(21)33(30,31)25-23/h3-4,9-10,17-20H,5-8,11-16H2,1-2H3. The number of nitrogens with zero attached hydrogens (tertiary/aromatic N) is 4. The van der Waals surface area contributed by atoms with Crippen molar-refractivity contribution in [3.8, 4) is 0 Å². The maximum Gasteiger partial charge on any atom is 0.285 e. The van der Waals surface area contributed by atoms with E-state index in [1.54, 1.807) is 12.1 Å². The van der Waals surface area contributed by atoms with Gasteiger partial charge in [-0.2, -0.15) is 8.42 Å². The second-order valence-electron chi connectivity index (χ2n) is 9.97. The zero-order valence-electron chi connectivity index (χ0n) is 19.5. The van der Waals surface area contributed by atoms with E-state index < -0.39 is 10.0 Å². The molecule has 0 aromatic heterocycles. The van der Waals surface area contributed by atoms with E-state index in [0.29, 0.717) is 17.9 Å². The number of sulfonamides is 1. The molecule has 0 spiro atoms. The summed E-state index contributed by atoms with van der Waals surface area (Å²) in [6.07, 6.45) is 4.22. The smallest absolute Gasteiger partial charge is 0.285 e. The highest BCUT2D eigenvalue weighted by Gasteiger charge is 2.39. The second-order valence-corrected chi connectivity index (χ2v) is 11.5. The quantitative estimate of drug-likeness (QED) is 0.666. The Bertz CT molecular complexity index is 1030. The first kappa shape index (κ1) is 22.8. The van der Waals surface area contributed by atoms with E-state index in [0.717, 1.165) is 58.4 Å². The first-order chi connectivity index (χ1) is 15.8. The molecule has 1 amide bonds. The van der Waals surface area contributed by atoms with E-state index in [9.17, 15) is 13.2 Å². The third-order valence-corrected chi connectivity index (χ3v) is 8.63. The number of benzene rings is 1. The summed E-state index contributed by atoms with van der Waals surface area (Å²) >= 11 is 0. The highest BCUT2D eigenvalue weighted by molar-refractivity contribution is 7.90. The van der Waals surface area contributed by atoms with Crippen molar-refractivity contribution in [3.63, 3.8) is 0 Å². The third kappa shape index (κ3) is 4.55. The number of likely N-dealkylation sites (tertiary alicyclic amines) is 2. The molecule has 1 aromatic rings. The van der Waals surface area contributed by atoms with Crippen molar-refractivity contribution in [1.29, 1.82) is 0 Å². The maximum atomic E-state index is 13.6. The van der Waals surface area contributed by atoms with E-state index in [1.165, 1.54) is 0 Å². The van der Waals surface area contributed by atoms with Gasteiger partial charge < -0.3 is 14.5 Å². The number of morpholine rings is 1. The molecule has 180 valence electrons. The Morgan fingerprint density at radius 1 is 1.06 bits per heavy atom. The largest absolute Gasteiger partial charge is 0.373 e. The molecule has 5 rings (SSSR count). The van der Waals surface area contributed by atoms with Crippen LogP contribution >= 0.6 is 0 Å². The lowest BCUT2D eigenvalue weighted by Gasteiger charge is -2.40. The van der Waals surface area contributed by atoms with Gasteiger partial charge in [0.2, 0.25) is 5.91 Å². The molecule has 3 fully saturated rings. The Hall–Kier alpha value is -1.97. The molecule has 0 saturated carbocycles. The van der Waals surface area contributed by atoms with Gasteiger partial charge in [-0.3, -0.25) is 9.69 Å². The van der Waals surface area contributed by atoms with Crippen LogP contribution in [0.2, 0.25) is 0 Å². The van der Waals surface area contributed by atoms with Gasteiger partial charge in [0.05, 0.1) is 18.1 Å². The van der Waals surface area contributed by atoms with Crippen molar-refractivity contribution in [2.24, 2.45) is 10.3 Å². The number of piperidine rings is 1. The van der Waals surface area contributed by atoms with Gasteiger partial charge in [0.1, 0.15) is 4.90 Å². The van der Waals surface area contributed by atoms with Gasteiger partial charge in [-0.25, -0.2) is 0 Å². The molecule has 4 atom stereocenters. The van der Waals surface area contributed by atoms with Crippen molar-refractivity contribution >= 4 is 21.8 Å². The summed E-state index contributed by atoms with van der Waals surface area (Å²) in [6, 6.07) is 7.22. The van der Waals surface area contributed by atoms with Crippen LogP contribution in [-0.4, -0.2) is 92.4 Å². The summed E-state index contributed by atoms with van der Waals surface area (Å²) in [5.41, 5.74) is 0.653. The van der Waals surface area contributed by atoms with Crippen molar-refractivity contribution in [2.75, 3.05) is 39.3 Å². The van der Waals surface area contributed by atoms with E-state index in [2.05, 4.69) is 28.0 Å². The molecule has 0 N–H and O–H groups in total. The number of rotatable bonds is 3. The van der Waals surface area contributed by atoms with Gasteiger partial charge in [-0.05, 0) is 51.7 Å². The van der Waals surface area contributed by atoms with E-state index in [-0.39, 0.29) is 35.0 Å². The Labute approximate surface area is 196 Å². The van der Waals surface area contributed by atoms with Crippen LogP contribution in [0.5, 0.6) is 0 Å². The summed E-state index contributed by atoms with van der Waals surface area (Å²) in [7, 11) is -3.66. The highest BCUT2D eigenvalue weighted by atomic mass is 32.2. The normalized spacial score (nSPS) is 32.0. The molecule has 1 aromatic carbocycles. The fourth-order valence-electron chi connectivity index (χ4n) is 5.97. The first-order valence-electron chi connectivity index (χ1n) is 12.2. The van der Waals surface area contributed by atoms with Crippen LogP contribution in [0.1, 0.15) is 45.1 Å². The number of carbonyl (C=O) groups is 1. The average molecular weight is 475 g/mol. The van der Waals surface area contributed by atoms with Crippen LogP contribution in [-0.2, 0) is 19.6 Å². The third-order valence-electron chi connectivity index (χ3n) is 7.31. The van der Waals surface area contributed by atoms with Crippen LogP contribution in [0, 0.1) is 5.92 Å². The lowest BCUT2D eigenvalue weighted by atomic mass is 9.95. The van der Waals surface area contributed by atoms with Crippen molar-refractivity contribution in [1.82, 2.24) is 14.7 Å². The molecule has 33 heavy (non-hydrogen) atoms. The predicted octanol–water partition coefficient (Wildman–Crippen LogP) is 1.95. The van der Waals surface area contributed by atoms with Gasteiger partial charge in [0.25, 0.3) is 10.0 Å². The minimum Gasteiger partial charge on any atom is -0.373 e. The van der Waals surface area contributed by atoms with Crippen LogP contribution < -0.4 is 0 Å². The number of carbonyl (C=O) groups excluding carboxylic acids is 1. The Balaban J connectivity index is 1.27. The zero-order chi connectivity index (χ0) is 23.2. The molecule has 4 heterocycles. The molecule has 8 nitrogen and oxygen atoms in total. The minimum atomic E-state index is -3.66. The molecule has 0 bridgehead atoms. The van der Waals surface area contributed by atoms with E-state index in [4.69, 9.17) is 4.74 Å². The molecular weight excluding hydrogens is 440 g/mol. The monoisotopic (exact) mass is 474 g/mol. The summed E-state index contributed by atoms with van der Waals surface area (Å²) < 4.78 is 35.0. The van der Waals surface area contributed by atoms with E-state index in [1.807, 2.05) is 17.0 Å². The van der Waals surface area contributed by atoms with Gasteiger partial charge in [0, 0.05) is 50.9 Å². The SMILES string of the molecule is CC1CN(CC2CCCN2C(=O)C2CCCN(C3=NS(=O)(=O)c4ccccc43)C2)CC(C)O1. The molecule has 0 aliphatic carbocycles. The fourth-order valence-corrected chi connectivity index (χ4v) is 7.20. The molecular formula is C24H34N4O4S. The molecule has 4 unspecified atom stereocenters. The second kappa shape index (κ2) is 9.00. The van der Waals surface area contributed by atoms with Crippen LogP contribution in [0.15, 0.2) is 33.6 Å². The number of hydrogen-bond acceptors (Lipinski definition) is 6. The van der Waals surface area contributed by atoms with Crippen molar-refractivity contribution < 1.29 is 17.9 Å². The number of amidine groups is 1. The average Bonchev–Trinajstić information content (AvgIpc) is 3.35. The molecule has 3 saturated heterocycles. The van der Waals surface area contributed by atoms with Crippen LogP contribution in [0.4, 0.5) is 0 Å². The Morgan fingerprint density at radius 2 is 1.79 bits per heavy atom. The number of fused-ring (bicyclic) bond motifs is 1. The summed E-state index contributed by atoms with van der Waals surface area (Å²) in [5.74, 6) is 0.587. The first-order valence-corrected chi connectivity index (χ1v) is 13.6. The fraction of sp³-hybridized carbons (Fsp3) is 0.667. The van der Waals surface area contributed by atoms with Crippen LogP contribution in [0.3, 0.4) is 0 Å². The maximum absolute atomic E-state index is 13.6. The summed E-state index contributed by atoms with van der Waals surface area (Å²) in [4.78, 5) is 20.4. The summed E-state index contributed by atoms with van der Waals surface area (Å²) in [5, 5.41) is 0. The Morgan fingerprint density at radius 3 is 2.58 bits per heavy atom. The highest BCUT2D eigenvalue weighted by Crippen LogP contribution is 2.31. The lowest BCUT2D eigenvalue weighted by molar-refractivity contribution is -0.138. The lowest BCUT2D eigenvalue weighted by Crippen LogP contribution is -2.53. The topological polar surface area (TPSA) is 82.5 Å². The van der Waals surface area contributed by atoms with Crippen LogP contribution in [0.25, 0.3) is 0 Å². The number of ether oxygens (including phenoxy) is 1. The van der Waals surface area contributed by atoms with Crippen molar-refractivity contribution in [3.05, 3.63) is 29.8 Å².